The molecule has 0 bridgehead atoms. The van der Waals surface area contributed by atoms with Gasteiger partial charge < -0.3 is 10.8 Å². The zero-order chi connectivity index (χ0) is 13.6. The van der Waals surface area contributed by atoms with Crippen LogP contribution in [0.2, 0.25) is 0 Å². The van der Waals surface area contributed by atoms with E-state index >= 15 is 0 Å². The molecular formula is C11H11ClF5NO. The quantitative estimate of drug-likeness (QED) is 0.512. The number of aliphatic hydroxyl groups excluding tert-OH is 1. The van der Waals surface area contributed by atoms with Crippen molar-refractivity contribution in [2.24, 2.45) is 11.7 Å². The van der Waals surface area contributed by atoms with Crippen LogP contribution in [-0.4, -0.2) is 11.2 Å². The van der Waals surface area contributed by atoms with Crippen LogP contribution in [0.25, 0.3) is 0 Å². The summed E-state index contributed by atoms with van der Waals surface area (Å²) in [5.41, 5.74) is 4.22. The lowest BCUT2D eigenvalue weighted by Gasteiger charge is -2.20. The van der Waals surface area contributed by atoms with Crippen molar-refractivity contribution in [1.29, 1.82) is 0 Å². The fourth-order valence-corrected chi connectivity index (χ4v) is 1.82. The Balaban J connectivity index is 0.00000180. The SMILES string of the molecule is Cl.N[C@H](c1c(F)c(F)c(F)c(F)c1F)[C@@H](O)C1CC1. The summed E-state index contributed by atoms with van der Waals surface area (Å²) in [5, 5.41) is 9.61. The van der Waals surface area contributed by atoms with Crippen LogP contribution in [0.3, 0.4) is 0 Å². The molecular weight excluding hydrogens is 293 g/mol. The molecule has 0 saturated heterocycles. The number of nitrogens with two attached hydrogens (primary N) is 1. The second kappa shape index (κ2) is 5.60. The predicted molar refractivity (Wildman–Crippen MR) is 59.1 cm³/mol. The minimum atomic E-state index is -2.23. The largest absolute Gasteiger partial charge is 0.391 e. The van der Waals surface area contributed by atoms with E-state index < -0.39 is 46.8 Å². The normalized spacial score (nSPS) is 17.8. The summed E-state index contributed by atoms with van der Waals surface area (Å²) in [7, 11) is 0. The zero-order valence-corrected chi connectivity index (χ0v) is 10.3. The number of benzene rings is 1. The highest BCUT2D eigenvalue weighted by Gasteiger charge is 2.38. The minimum absolute atomic E-state index is 0. The van der Waals surface area contributed by atoms with E-state index in [1.165, 1.54) is 0 Å². The fraction of sp³-hybridized carbons (Fsp3) is 0.455. The van der Waals surface area contributed by atoms with Gasteiger partial charge in [0.1, 0.15) is 0 Å². The molecule has 0 heterocycles. The van der Waals surface area contributed by atoms with Crippen LogP contribution in [0.4, 0.5) is 22.0 Å². The van der Waals surface area contributed by atoms with Crippen LogP contribution in [0.1, 0.15) is 24.4 Å². The Labute approximate surface area is 111 Å². The molecule has 8 heteroatoms. The zero-order valence-electron chi connectivity index (χ0n) is 9.47. The van der Waals surface area contributed by atoms with Crippen molar-refractivity contribution in [3.05, 3.63) is 34.6 Å². The van der Waals surface area contributed by atoms with Gasteiger partial charge in [-0.15, -0.1) is 12.4 Å². The van der Waals surface area contributed by atoms with Crippen LogP contribution in [0.15, 0.2) is 0 Å². The van der Waals surface area contributed by atoms with E-state index in [4.69, 9.17) is 5.73 Å². The van der Waals surface area contributed by atoms with E-state index in [9.17, 15) is 27.1 Å². The summed E-state index contributed by atoms with van der Waals surface area (Å²) in [6.45, 7) is 0. The molecule has 1 aromatic carbocycles. The average Bonchev–Trinajstić information content (AvgIpc) is 3.17. The molecule has 1 fully saturated rings. The first-order valence-corrected chi connectivity index (χ1v) is 5.31. The van der Waals surface area contributed by atoms with Gasteiger partial charge in [0.2, 0.25) is 5.82 Å². The molecule has 0 spiro atoms. The van der Waals surface area contributed by atoms with Gasteiger partial charge >= 0.3 is 0 Å². The first kappa shape index (κ1) is 16.1. The Bertz CT molecular complexity index is 465. The predicted octanol–water partition coefficient (Wildman–Crippen LogP) is 2.57. The molecule has 0 aromatic heterocycles. The van der Waals surface area contributed by atoms with Crippen molar-refractivity contribution < 1.29 is 27.1 Å². The second-order valence-corrected chi connectivity index (χ2v) is 4.34. The lowest BCUT2D eigenvalue weighted by atomic mass is 9.97. The fourth-order valence-electron chi connectivity index (χ4n) is 1.82. The van der Waals surface area contributed by atoms with Crippen molar-refractivity contribution in [3.8, 4) is 0 Å². The molecule has 2 atom stereocenters. The van der Waals surface area contributed by atoms with Gasteiger partial charge in [-0.3, -0.25) is 0 Å². The lowest BCUT2D eigenvalue weighted by Crippen LogP contribution is -2.30. The van der Waals surface area contributed by atoms with E-state index in [1.807, 2.05) is 0 Å². The van der Waals surface area contributed by atoms with Gasteiger partial charge in [-0.2, -0.15) is 0 Å². The van der Waals surface area contributed by atoms with E-state index in [2.05, 4.69) is 0 Å². The molecule has 1 aromatic rings. The number of hydrogen-bond donors (Lipinski definition) is 2. The van der Waals surface area contributed by atoms with E-state index in [0.717, 1.165) is 0 Å². The van der Waals surface area contributed by atoms with E-state index in [-0.39, 0.29) is 18.3 Å². The van der Waals surface area contributed by atoms with Crippen LogP contribution in [0, 0.1) is 35.0 Å². The molecule has 1 saturated carbocycles. The maximum atomic E-state index is 13.4. The van der Waals surface area contributed by atoms with Crippen molar-refractivity contribution in [2.75, 3.05) is 0 Å². The standard InChI is InChI=1S/C11H10F5NO.ClH/c12-5-4(10(17)11(18)3-1-2-3)6(13)8(15)9(16)7(5)14;/h3,10-11,18H,1-2,17H2;1H/t10-,11+;/m1./s1. The average molecular weight is 304 g/mol. The van der Waals surface area contributed by atoms with Crippen molar-refractivity contribution >= 4 is 12.4 Å². The molecule has 1 aliphatic carbocycles. The molecule has 0 radical (unpaired) electrons. The van der Waals surface area contributed by atoms with Crippen molar-refractivity contribution in [2.45, 2.75) is 25.0 Å². The Morgan fingerprint density at radius 1 is 0.895 bits per heavy atom. The molecule has 2 rings (SSSR count). The maximum Gasteiger partial charge on any atom is 0.200 e. The highest BCUT2D eigenvalue weighted by atomic mass is 35.5. The Hall–Kier alpha value is -0.920. The lowest BCUT2D eigenvalue weighted by molar-refractivity contribution is 0.118. The van der Waals surface area contributed by atoms with Gasteiger partial charge in [-0.1, -0.05) is 0 Å². The summed E-state index contributed by atoms with van der Waals surface area (Å²) in [4.78, 5) is 0. The maximum absolute atomic E-state index is 13.4. The van der Waals surface area contributed by atoms with E-state index in [1.54, 1.807) is 0 Å². The highest BCUT2D eigenvalue weighted by molar-refractivity contribution is 5.85. The molecule has 0 unspecified atom stereocenters. The molecule has 19 heavy (non-hydrogen) atoms. The van der Waals surface area contributed by atoms with Gasteiger partial charge in [0.25, 0.3) is 0 Å². The van der Waals surface area contributed by atoms with Gasteiger partial charge in [0.05, 0.1) is 12.1 Å². The smallest absolute Gasteiger partial charge is 0.200 e. The highest BCUT2D eigenvalue weighted by Crippen LogP contribution is 2.39. The molecule has 1 aliphatic rings. The summed E-state index contributed by atoms with van der Waals surface area (Å²) in [6, 6.07) is -1.64. The summed E-state index contributed by atoms with van der Waals surface area (Å²) in [5.74, 6) is -10.6. The minimum Gasteiger partial charge on any atom is -0.391 e. The Morgan fingerprint density at radius 3 is 1.63 bits per heavy atom. The van der Waals surface area contributed by atoms with Gasteiger partial charge in [0.15, 0.2) is 23.3 Å². The third kappa shape index (κ3) is 2.68. The number of rotatable bonds is 3. The number of aliphatic hydroxyl groups is 1. The van der Waals surface area contributed by atoms with Crippen LogP contribution < -0.4 is 5.73 Å². The molecule has 0 aliphatic heterocycles. The van der Waals surface area contributed by atoms with Crippen molar-refractivity contribution in [3.63, 3.8) is 0 Å². The van der Waals surface area contributed by atoms with Crippen LogP contribution in [0.5, 0.6) is 0 Å². The number of halogens is 6. The first-order valence-electron chi connectivity index (χ1n) is 5.31. The van der Waals surface area contributed by atoms with Crippen LogP contribution in [-0.2, 0) is 0 Å². The third-order valence-corrected chi connectivity index (χ3v) is 3.05. The molecule has 2 nitrogen and oxygen atoms in total. The van der Waals surface area contributed by atoms with Gasteiger partial charge in [-0.25, -0.2) is 22.0 Å². The van der Waals surface area contributed by atoms with E-state index in [0.29, 0.717) is 12.8 Å². The topological polar surface area (TPSA) is 46.2 Å². The monoisotopic (exact) mass is 303 g/mol. The Kier molecular flexibility index (Phi) is 4.76. The third-order valence-electron chi connectivity index (χ3n) is 3.05. The van der Waals surface area contributed by atoms with Gasteiger partial charge in [0, 0.05) is 5.56 Å². The second-order valence-electron chi connectivity index (χ2n) is 4.34. The molecule has 3 N–H and O–H groups in total. The summed E-state index contributed by atoms with van der Waals surface area (Å²) in [6.07, 6.45) is -0.0904. The molecule has 0 amide bonds. The number of hydrogen-bond acceptors (Lipinski definition) is 2. The first-order chi connectivity index (χ1) is 8.36. The molecule has 108 valence electrons. The Morgan fingerprint density at radius 2 is 1.26 bits per heavy atom. The van der Waals surface area contributed by atoms with Crippen molar-refractivity contribution in [1.82, 2.24) is 0 Å². The van der Waals surface area contributed by atoms with Gasteiger partial charge in [-0.05, 0) is 18.8 Å². The summed E-state index contributed by atoms with van der Waals surface area (Å²) < 4.78 is 65.5. The van der Waals surface area contributed by atoms with Crippen LogP contribution >= 0.6 is 12.4 Å². The summed E-state index contributed by atoms with van der Waals surface area (Å²) >= 11 is 0.